The highest BCUT2D eigenvalue weighted by Gasteiger charge is 2.47. The summed E-state index contributed by atoms with van der Waals surface area (Å²) in [6.07, 6.45) is 3.10. The van der Waals surface area contributed by atoms with Crippen LogP contribution in [0.25, 0.3) is 0 Å². The third kappa shape index (κ3) is 2.93. The predicted octanol–water partition coefficient (Wildman–Crippen LogP) is 3.97. The van der Waals surface area contributed by atoms with E-state index in [1.54, 1.807) is 6.20 Å². The Bertz CT molecular complexity index is 827. The Hall–Kier alpha value is -1.59. The van der Waals surface area contributed by atoms with Gasteiger partial charge in [0, 0.05) is 43.2 Å². The van der Waals surface area contributed by atoms with Crippen LogP contribution in [0.3, 0.4) is 0 Å². The number of rotatable bonds is 2. The summed E-state index contributed by atoms with van der Waals surface area (Å²) in [6.45, 7) is 4.31. The number of nitrogens with zero attached hydrogens (tertiary/aromatic N) is 2. The summed E-state index contributed by atoms with van der Waals surface area (Å²) < 4.78 is 0.807. The molecule has 0 aliphatic carbocycles. The van der Waals surface area contributed by atoms with E-state index < -0.39 is 0 Å². The summed E-state index contributed by atoms with van der Waals surface area (Å²) in [7, 11) is 0. The summed E-state index contributed by atoms with van der Waals surface area (Å²) in [5, 5.41) is 3.74. The molecule has 25 heavy (non-hydrogen) atoms. The predicted molar refractivity (Wildman–Crippen MR) is 103 cm³/mol. The number of carbonyl (C=O) groups is 1. The second-order valence-corrected chi connectivity index (χ2v) is 8.25. The molecule has 2 aliphatic heterocycles. The molecule has 1 amide bonds. The van der Waals surface area contributed by atoms with Crippen molar-refractivity contribution in [2.75, 3.05) is 18.0 Å². The van der Waals surface area contributed by atoms with Crippen LogP contribution in [0.2, 0.25) is 5.02 Å². The quantitative estimate of drug-likeness (QED) is 0.799. The van der Waals surface area contributed by atoms with E-state index in [0.29, 0.717) is 18.0 Å². The Morgan fingerprint density at radius 3 is 2.80 bits per heavy atom. The van der Waals surface area contributed by atoms with Gasteiger partial charge in [0.15, 0.2) is 0 Å². The summed E-state index contributed by atoms with van der Waals surface area (Å²) in [5.74, 6) is 1.05. The Labute approximate surface area is 160 Å². The molecule has 1 unspecified atom stereocenters. The van der Waals surface area contributed by atoms with Gasteiger partial charge in [-0.3, -0.25) is 4.79 Å². The Kier molecular flexibility index (Phi) is 4.24. The van der Waals surface area contributed by atoms with Gasteiger partial charge in [-0.05, 0) is 34.8 Å². The van der Waals surface area contributed by atoms with Crippen molar-refractivity contribution in [3.05, 3.63) is 56.6 Å². The van der Waals surface area contributed by atoms with Crippen LogP contribution < -0.4 is 10.2 Å². The number of piperidine rings is 1. The van der Waals surface area contributed by atoms with Crippen molar-refractivity contribution in [3.63, 3.8) is 0 Å². The molecule has 6 heteroatoms. The highest BCUT2D eigenvalue weighted by atomic mass is 79.9. The molecular formula is C19H19BrClN3O. The molecule has 4 nitrogen and oxygen atoms in total. The largest absolute Gasteiger partial charge is 0.355 e. The molecule has 4 rings (SSSR count). The average molecular weight is 421 g/mol. The molecule has 1 atom stereocenters. The van der Waals surface area contributed by atoms with Gasteiger partial charge in [-0.2, -0.15) is 0 Å². The van der Waals surface area contributed by atoms with Gasteiger partial charge >= 0.3 is 0 Å². The van der Waals surface area contributed by atoms with Crippen LogP contribution >= 0.6 is 27.5 Å². The van der Waals surface area contributed by atoms with Crippen molar-refractivity contribution in [2.24, 2.45) is 0 Å². The molecule has 130 valence electrons. The summed E-state index contributed by atoms with van der Waals surface area (Å²) >= 11 is 10.2. The van der Waals surface area contributed by atoms with Crippen LogP contribution in [0.15, 0.2) is 34.9 Å². The number of hydrogen-bond acceptors (Lipinski definition) is 3. The fourth-order valence-corrected chi connectivity index (χ4v) is 4.51. The van der Waals surface area contributed by atoms with E-state index in [-0.39, 0.29) is 11.3 Å². The fourth-order valence-electron chi connectivity index (χ4n) is 3.88. The van der Waals surface area contributed by atoms with Gasteiger partial charge in [0.25, 0.3) is 0 Å². The van der Waals surface area contributed by atoms with Crippen molar-refractivity contribution in [3.8, 4) is 0 Å². The Balaban J connectivity index is 1.73. The number of anilines is 1. The summed E-state index contributed by atoms with van der Waals surface area (Å²) in [5.41, 5.74) is 3.40. The van der Waals surface area contributed by atoms with Gasteiger partial charge in [-0.25, -0.2) is 4.98 Å². The van der Waals surface area contributed by atoms with Crippen molar-refractivity contribution in [1.82, 2.24) is 10.3 Å². The van der Waals surface area contributed by atoms with Gasteiger partial charge in [0.05, 0.1) is 9.50 Å². The van der Waals surface area contributed by atoms with E-state index in [1.807, 2.05) is 0 Å². The minimum absolute atomic E-state index is 0.114. The van der Waals surface area contributed by atoms with Gasteiger partial charge in [0.2, 0.25) is 5.91 Å². The lowest BCUT2D eigenvalue weighted by Gasteiger charge is -2.34. The molecule has 1 aromatic heterocycles. The number of hydrogen-bond donors (Lipinski definition) is 1. The third-order valence-electron chi connectivity index (χ3n) is 5.22. The number of amides is 1. The number of nitrogens with one attached hydrogen (secondary N) is 1. The van der Waals surface area contributed by atoms with E-state index in [2.05, 4.69) is 62.3 Å². The zero-order valence-electron chi connectivity index (χ0n) is 14.0. The highest BCUT2D eigenvalue weighted by molar-refractivity contribution is 9.10. The topological polar surface area (TPSA) is 45.2 Å². The third-order valence-corrected chi connectivity index (χ3v) is 6.45. The lowest BCUT2D eigenvalue weighted by molar-refractivity contribution is -0.123. The van der Waals surface area contributed by atoms with Crippen LogP contribution in [0.4, 0.5) is 5.82 Å². The molecule has 1 spiro atoms. The maximum atomic E-state index is 11.7. The number of halogens is 2. The van der Waals surface area contributed by atoms with E-state index in [1.165, 1.54) is 11.1 Å². The maximum Gasteiger partial charge on any atom is 0.220 e. The van der Waals surface area contributed by atoms with Gasteiger partial charge in [-0.15, -0.1) is 0 Å². The molecule has 2 aliphatic rings. The molecule has 0 saturated carbocycles. The van der Waals surface area contributed by atoms with Gasteiger partial charge in [-0.1, -0.05) is 41.4 Å². The van der Waals surface area contributed by atoms with Crippen molar-refractivity contribution in [1.29, 1.82) is 0 Å². The molecule has 1 fully saturated rings. The van der Waals surface area contributed by atoms with Gasteiger partial charge < -0.3 is 10.2 Å². The number of aryl methyl sites for hydroxylation is 1. The standard InChI is InChI=1S/C19H19BrClN3O/c1-12-2-4-13(5-3-12)9-24-11-19(7-6-15(25)23-10-19)16-17(21)14(20)8-22-18(16)24/h2-5,8H,6-7,9-11H2,1H3,(H,23,25). The molecule has 1 N–H and O–H groups in total. The minimum Gasteiger partial charge on any atom is -0.355 e. The zero-order valence-corrected chi connectivity index (χ0v) is 16.3. The summed E-state index contributed by atoms with van der Waals surface area (Å²) in [6, 6.07) is 8.57. The Morgan fingerprint density at radius 2 is 2.12 bits per heavy atom. The van der Waals surface area contributed by atoms with Crippen molar-refractivity contribution < 1.29 is 4.79 Å². The lowest BCUT2D eigenvalue weighted by Crippen LogP contribution is -2.48. The van der Waals surface area contributed by atoms with Crippen LogP contribution in [-0.4, -0.2) is 24.0 Å². The van der Waals surface area contributed by atoms with Crippen molar-refractivity contribution >= 4 is 39.3 Å². The van der Waals surface area contributed by atoms with Crippen LogP contribution in [0.5, 0.6) is 0 Å². The maximum absolute atomic E-state index is 11.7. The van der Waals surface area contributed by atoms with Crippen LogP contribution in [0.1, 0.15) is 29.5 Å². The van der Waals surface area contributed by atoms with E-state index >= 15 is 0 Å². The fraction of sp³-hybridized carbons (Fsp3) is 0.368. The zero-order chi connectivity index (χ0) is 17.6. The minimum atomic E-state index is -0.165. The van der Waals surface area contributed by atoms with Crippen LogP contribution in [-0.2, 0) is 16.8 Å². The lowest BCUT2D eigenvalue weighted by atomic mass is 9.76. The van der Waals surface area contributed by atoms with E-state index in [4.69, 9.17) is 11.6 Å². The molecule has 0 radical (unpaired) electrons. The first-order chi connectivity index (χ1) is 12.0. The average Bonchev–Trinajstić information content (AvgIpc) is 2.90. The second kappa shape index (κ2) is 6.29. The van der Waals surface area contributed by atoms with Crippen molar-refractivity contribution in [2.45, 2.75) is 31.7 Å². The molecular weight excluding hydrogens is 402 g/mol. The summed E-state index contributed by atoms with van der Waals surface area (Å²) in [4.78, 5) is 18.6. The number of carbonyl (C=O) groups excluding carboxylic acids is 1. The number of pyridine rings is 1. The molecule has 3 heterocycles. The highest BCUT2D eigenvalue weighted by Crippen LogP contribution is 2.49. The first kappa shape index (κ1) is 16.9. The normalized spacial score (nSPS) is 22.2. The van der Waals surface area contributed by atoms with Gasteiger partial charge in [0.1, 0.15) is 5.82 Å². The van der Waals surface area contributed by atoms with Crippen LogP contribution in [0, 0.1) is 6.92 Å². The number of aromatic nitrogens is 1. The van der Waals surface area contributed by atoms with E-state index in [0.717, 1.165) is 35.4 Å². The molecule has 1 aromatic carbocycles. The monoisotopic (exact) mass is 419 g/mol. The molecule has 1 saturated heterocycles. The first-order valence-electron chi connectivity index (χ1n) is 8.40. The SMILES string of the molecule is Cc1ccc(CN2CC3(CCC(=O)NC3)c3c2ncc(Br)c3Cl)cc1. The second-order valence-electron chi connectivity index (χ2n) is 7.02. The molecule has 0 bridgehead atoms. The molecule has 2 aromatic rings. The number of benzene rings is 1. The van der Waals surface area contributed by atoms with E-state index in [9.17, 15) is 4.79 Å². The number of fused-ring (bicyclic) bond motifs is 2. The first-order valence-corrected chi connectivity index (χ1v) is 9.57. The smallest absolute Gasteiger partial charge is 0.220 e. The Morgan fingerprint density at radius 1 is 1.36 bits per heavy atom.